The Kier molecular flexibility index (Phi) is 8.91. The number of anilines is 6. The van der Waals surface area contributed by atoms with Gasteiger partial charge in [0.2, 0.25) is 0 Å². The second-order valence-electron chi connectivity index (χ2n) is 18.8. The molecule has 0 saturated heterocycles. The molecule has 1 aliphatic rings. The molecule has 0 unspecified atom stereocenters. The normalized spacial score (nSPS) is 13.1. The maximum atomic E-state index is 6.76. The van der Waals surface area contributed by atoms with Crippen LogP contribution in [-0.2, 0) is 0 Å². The number of fused-ring (bicyclic) bond motifs is 11. The first-order chi connectivity index (χ1) is 35.7. The number of nitrogens with zero attached hydrogens (tertiary/aromatic N) is 2. The molecule has 5 nitrogen and oxygen atoms in total. The van der Waals surface area contributed by atoms with E-state index in [4.69, 9.17) is 13.3 Å². The van der Waals surface area contributed by atoms with Crippen molar-refractivity contribution in [3.63, 3.8) is 0 Å². The summed E-state index contributed by atoms with van der Waals surface area (Å²) in [7, 11) is -3.29. The van der Waals surface area contributed by atoms with E-state index in [0.717, 1.165) is 106 Å². The summed E-state index contributed by atoms with van der Waals surface area (Å²) in [6, 6.07) is 92.1. The number of hydrogen-bond donors (Lipinski definition) is 0. The Labute approximate surface area is 415 Å². The predicted molar refractivity (Wildman–Crippen MR) is 300 cm³/mol. The van der Waals surface area contributed by atoms with Crippen molar-refractivity contribution < 1.29 is 13.3 Å². The third kappa shape index (κ3) is 6.06. The van der Waals surface area contributed by atoms with Crippen molar-refractivity contribution in [2.24, 2.45) is 0 Å². The van der Waals surface area contributed by atoms with Gasteiger partial charge in [-0.05, 0) is 117 Å². The van der Waals surface area contributed by atoms with Crippen molar-refractivity contribution in [1.82, 2.24) is 0 Å². The summed E-state index contributed by atoms with van der Waals surface area (Å²) in [6.07, 6.45) is 0. The first-order valence-corrected chi connectivity index (χ1v) is 26.5. The van der Waals surface area contributed by atoms with Crippen LogP contribution in [0.5, 0.6) is 0 Å². The van der Waals surface area contributed by atoms with Gasteiger partial charge in [-0.2, -0.15) is 0 Å². The summed E-state index contributed by atoms with van der Waals surface area (Å²) in [4.78, 5) is 4.84. The fraction of sp³-hybridized carbons (Fsp3) is 0. The fourth-order valence-corrected chi connectivity index (χ4v) is 16.8. The average Bonchev–Trinajstić information content (AvgIpc) is 4.14. The van der Waals surface area contributed by atoms with Crippen molar-refractivity contribution in [3.8, 4) is 11.1 Å². The lowest BCUT2D eigenvalue weighted by Crippen LogP contribution is -2.77. The zero-order chi connectivity index (χ0) is 47.3. The average molecular weight is 939 g/mol. The molecule has 0 fully saturated rings. The molecule has 1 aliphatic heterocycles. The zero-order valence-corrected chi connectivity index (χ0v) is 39.9. The van der Waals surface area contributed by atoms with Gasteiger partial charge in [-0.15, -0.1) is 0 Å². The number of para-hydroxylation sites is 5. The Hall–Kier alpha value is -9.36. The Bertz CT molecular complexity index is 4310. The van der Waals surface area contributed by atoms with Crippen molar-refractivity contribution in [3.05, 3.63) is 255 Å². The van der Waals surface area contributed by atoms with Gasteiger partial charge in [0.1, 0.15) is 33.5 Å². The quantitative estimate of drug-likeness (QED) is 0.149. The summed E-state index contributed by atoms with van der Waals surface area (Å²) in [5, 5.41) is 11.6. The van der Waals surface area contributed by atoms with E-state index in [9.17, 15) is 0 Å². The summed E-state index contributed by atoms with van der Waals surface area (Å²) < 4.78 is 20.1. The van der Waals surface area contributed by atoms with Gasteiger partial charge in [-0.25, -0.2) is 0 Å². The van der Waals surface area contributed by atoms with Gasteiger partial charge in [0.25, 0.3) is 0 Å². The van der Waals surface area contributed by atoms with Crippen LogP contribution in [0.4, 0.5) is 34.1 Å². The summed E-state index contributed by atoms with van der Waals surface area (Å²) in [5.41, 5.74) is 13.9. The topological polar surface area (TPSA) is 45.9 Å². The molecule has 3 aromatic heterocycles. The van der Waals surface area contributed by atoms with E-state index in [-0.39, 0.29) is 0 Å². The lowest BCUT2D eigenvalue weighted by molar-refractivity contribution is 0.668. The van der Waals surface area contributed by atoms with Crippen LogP contribution in [0, 0.1) is 0 Å². The van der Waals surface area contributed by atoms with Crippen molar-refractivity contribution in [2.75, 3.05) is 9.80 Å². The van der Waals surface area contributed by atoms with Gasteiger partial charge >= 0.3 is 0 Å². The van der Waals surface area contributed by atoms with E-state index in [2.05, 4.69) is 240 Å². The molecule has 338 valence electrons. The van der Waals surface area contributed by atoms with Crippen LogP contribution < -0.4 is 30.5 Å². The highest BCUT2D eigenvalue weighted by molar-refractivity contribution is 7.21. The number of benzene rings is 11. The first kappa shape index (κ1) is 40.5. The van der Waals surface area contributed by atoms with E-state index < -0.39 is 8.07 Å². The Morgan fingerprint density at radius 1 is 0.292 bits per heavy atom. The van der Waals surface area contributed by atoms with Crippen LogP contribution in [0.2, 0.25) is 0 Å². The van der Waals surface area contributed by atoms with E-state index in [1.807, 2.05) is 24.3 Å². The monoisotopic (exact) mass is 938 g/mol. The van der Waals surface area contributed by atoms with E-state index in [0.29, 0.717) is 0 Å². The van der Waals surface area contributed by atoms with Gasteiger partial charge in [-0.3, -0.25) is 0 Å². The minimum Gasteiger partial charge on any atom is -0.456 e. The van der Waals surface area contributed by atoms with Crippen LogP contribution in [0.1, 0.15) is 0 Å². The molecular formula is C66H42N2O3Si. The molecule has 6 heteroatoms. The number of hydrogen-bond acceptors (Lipinski definition) is 5. The number of rotatable bonds is 7. The van der Waals surface area contributed by atoms with E-state index in [1.165, 1.54) is 26.3 Å². The van der Waals surface area contributed by atoms with Crippen molar-refractivity contribution in [2.45, 2.75) is 0 Å². The number of furan rings is 3. The molecule has 0 atom stereocenters. The SMILES string of the molecule is c1ccc(-c2ccc(N(c3ccc4c(c3)N(c3ccccc3)c3ccccc3[Si]4(c3ccc4c(c3)oc3ccccc34)c3ccc4c(c3)oc3ccccc34)c3ccc4c(c3)oc3ccccc34)cc2)cc1. The maximum absolute atomic E-state index is 6.76. The molecule has 0 N–H and O–H groups in total. The first-order valence-electron chi connectivity index (χ1n) is 24.5. The van der Waals surface area contributed by atoms with Gasteiger partial charge in [0.05, 0.1) is 0 Å². The molecule has 0 saturated carbocycles. The van der Waals surface area contributed by atoms with Gasteiger partial charge < -0.3 is 23.1 Å². The van der Waals surface area contributed by atoms with E-state index >= 15 is 0 Å². The fourth-order valence-electron chi connectivity index (χ4n) is 11.7. The molecule has 0 spiro atoms. The highest BCUT2D eigenvalue weighted by Gasteiger charge is 2.49. The molecule has 72 heavy (non-hydrogen) atoms. The van der Waals surface area contributed by atoms with Crippen LogP contribution in [0.25, 0.3) is 76.9 Å². The lowest BCUT2D eigenvalue weighted by atomic mass is 10.0. The molecule has 0 radical (unpaired) electrons. The van der Waals surface area contributed by atoms with E-state index in [1.54, 1.807) is 0 Å². The van der Waals surface area contributed by atoms with Crippen LogP contribution in [0.15, 0.2) is 268 Å². The van der Waals surface area contributed by atoms with Crippen LogP contribution >= 0.6 is 0 Å². The predicted octanol–water partition coefficient (Wildman–Crippen LogP) is 15.7. The van der Waals surface area contributed by atoms with Crippen LogP contribution in [0.3, 0.4) is 0 Å². The minimum atomic E-state index is -3.29. The van der Waals surface area contributed by atoms with Crippen molar-refractivity contribution >= 4 is 129 Å². The molecule has 14 aromatic rings. The highest BCUT2D eigenvalue weighted by Crippen LogP contribution is 2.45. The largest absolute Gasteiger partial charge is 0.456 e. The molecule has 0 bridgehead atoms. The smallest absolute Gasteiger partial charge is 0.184 e. The molecule has 0 aliphatic carbocycles. The maximum Gasteiger partial charge on any atom is 0.184 e. The van der Waals surface area contributed by atoms with Gasteiger partial charge in [0, 0.05) is 72.5 Å². The summed E-state index contributed by atoms with van der Waals surface area (Å²) in [6.45, 7) is 0. The third-order valence-corrected chi connectivity index (χ3v) is 19.7. The van der Waals surface area contributed by atoms with Crippen LogP contribution in [-0.4, -0.2) is 8.07 Å². The second-order valence-corrected chi connectivity index (χ2v) is 22.5. The Morgan fingerprint density at radius 2 is 0.722 bits per heavy atom. The molecular weight excluding hydrogens is 897 g/mol. The van der Waals surface area contributed by atoms with Crippen molar-refractivity contribution in [1.29, 1.82) is 0 Å². The third-order valence-electron chi connectivity index (χ3n) is 14.9. The molecule has 4 heterocycles. The second kappa shape index (κ2) is 15.8. The van der Waals surface area contributed by atoms with Gasteiger partial charge in [-0.1, -0.05) is 164 Å². The zero-order valence-electron chi connectivity index (χ0n) is 38.9. The molecule has 0 amide bonds. The summed E-state index contributed by atoms with van der Waals surface area (Å²) >= 11 is 0. The standard InChI is InChI=1S/C66H42N2O3Si/c1-3-15-43(16-4-1)44-27-29-46(30-28-44)67(48-31-35-54-51-19-7-11-23-59(51)69-62(54)40-48)47-32-38-66-58(39-47)68(45-17-5-2-6-18-45)57-22-10-14-26-65(57)72(66,49-33-36-55-52-20-8-12-24-60(52)70-63(55)41-49)50-34-37-56-53-21-9-13-25-61(53)71-64(56)42-50/h1-42H. The van der Waals surface area contributed by atoms with Gasteiger partial charge in [0.15, 0.2) is 8.07 Å². The summed E-state index contributed by atoms with van der Waals surface area (Å²) in [5.74, 6) is 0. The highest BCUT2D eigenvalue weighted by atomic mass is 28.3. The minimum absolute atomic E-state index is 0.839. The lowest BCUT2D eigenvalue weighted by Gasteiger charge is -2.45. The Morgan fingerprint density at radius 3 is 1.33 bits per heavy atom. The Balaban J connectivity index is 1.02. The molecule has 15 rings (SSSR count). The molecule has 11 aromatic carbocycles.